The molecular formula is C14H19BrN2O2. The Labute approximate surface area is 121 Å². The van der Waals surface area contributed by atoms with Gasteiger partial charge in [0, 0.05) is 23.6 Å². The number of hydrogen-bond acceptors (Lipinski definition) is 2. The van der Waals surface area contributed by atoms with Gasteiger partial charge in [-0.25, -0.2) is 0 Å². The van der Waals surface area contributed by atoms with Crippen molar-refractivity contribution in [2.24, 2.45) is 13.0 Å². The van der Waals surface area contributed by atoms with Crippen molar-refractivity contribution in [1.29, 1.82) is 0 Å². The summed E-state index contributed by atoms with van der Waals surface area (Å²) >= 11 is 3.33. The second-order valence-corrected chi connectivity index (χ2v) is 6.08. The highest BCUT2D eigenvalue weighted by Crippen LogP contribution is 2.24. The fourth-order valence-corrected chi connectivity index (χ4v) is 3.07. The number of aryl methyl sites for hydroxylation is 1. The molecule has 0 spiro atoms. The number of hydrogen-bond donors (Lipinski definition) is 1. The zero-order chi connectivity index (χ0) is 13.8. The van der Waals surface area contributed by atoms with Crippen LogP contribution in [0, 0.1) is 5.92 Å². The molecule has 1 fully saturated rings. The molecule has 1 amide bonds. The summed E-state index contributed by atoms with van der Waals surface area (Å²) in [7, 11) is 1.67. The van der Waals surface area contributed by atoms with E-state index >= 15 is 0 Å². The number of amides is 1. The van der Waals surface area contributed by atoms with Crippen LogP contribution in [0.1, 0.15) is 38.5 Å². The highest BCUT2D eigenvalue weighted by atomic mass is 79.9. The molecule has 5 heteroatoms. The first-order chi connectivity index (χ1) is 9.08. The highest BCUT2D eigenvalue weighted by molar-refractivity contribution is 9.10. The minimum Gasteiger partial charge on any atom is -0.321 e. The second-order valence-electron chi connectivity index (χ2n) is 5.17. The van der Waals surface area contributed by atoms with E-state index in [2.05, 4.69) is 21.2 Å². The van der Waals surface area contributed by atoms with E-state index in [1.807, 2.05) is 0 Å². The molecule has 1 aliphatic rings. The van der Waals surface area contributed by atoms with Crippen molar-refractivity contribution in [3.63, 3.8) is 0 Å². The first-order valence-electron chi connectivity index (χ1n) is 6.75. The molecule has 0 atom stereocenters. The van der Waals surface area contributed by atoms with Gasteiger partial charge in [-0.05, 0) is 34.8 Å². The lowest BCUT2D eigenvalue weighted by molar-refractivity contribution is -0.120. The molecule has 1 saturated carbocycles. The minimum absolute atomic E-state index is 0.0166. The molecule has 104 valence electrons. The third kappa shape index (κ3) is 3.69. The van der Waals surface area contributed by atoms with Crippen molar-refractivity contribution in [3.8, 4) is 0 Å². The van der Waals surface area contributed by atoms with E-state index in [9.17, 15) is 9.59 Å². The maximum absolute atomic E-state index is 12.2. The maximum Gasteiger partial charge on any atom is 0.274 e. The smallest absolute Gasteiger partial charge is 0.274 e. The number of carbonyl (C=O) groups is 1. The molecule has 0 bridgehead atoms. The summed E-state index contributed by atoms with van der Waals surface area (Å²) in [6.07, 6.45) is 8.18. The molecule has 4 nitrogen and oxygen atoms in total. The molecule has 1 aromatic heterocycles. The molecule has 19 heavy (non-hydrogen) atoms. The number of rotatable bonds is 2. The van der Waals surface area contributed by atoms with E-state index in [4.69, 9.17) is 0 Å². The van der Waals surface area contributed by atoms with Crippen molar-refractivity contribution in [3.05, 3.63) is 27.1 Å². The fourth-order valence-electron chi connectivity index (χ4n) is 2.54. The number of nitrogens with zero attached hydrogens (tertiary/aromatic N) is 1. The average Bonchev–Trinajstić information content (AvgIpc) is 2.64. The molecule has 2 rings (SSSR count). The van der Waals surface area contributed by atoms with Crippen LogP contribution in [0.3, 0.4) is 0 Å². The lowest BCUT2D eigenvalue weighted by Crippen LogP contribution is -2.28. The van der Waals surface area contributed by atoms with E-state index in [0.717, 1.165) is 30.2 Å². The number of nitrogens with one attached hydrogen (secondary N) is 1. The Morgan fingerprint density at radius 2 is 1.95 bits per heavy atom. The minimum atomic E-state index is -0.176. The van der Waals surface area contributed by atoms with E-state index < -0.39 is 0 Å². The van der Waals surface area contributed by atoms with E-state index in [1.165, 1.54) is 17.4 Å². The monoisotopic (exact) mass is 326 g/mol. The number of pyridine rings is 1. The lowest BCUT2D eigenvalue weighted by Gasteiger charge is -2.14. The van der Waals surface area contributed by atoms with Crippen molar-refractivity contribution in [1.82, 2.24) is 4.57 Å². The number of aromatic nitrogens is 1. The largest absolute Gasteiger partial charge is 0.321 e. The van der Waals surface area contributed by atoms with Crippen LogP contribution in [-0.2, 0) is 11.8 Å². The maximum atomic E-state index is 12.2. The quantitative estimate of drug-likeness (QED) is 0.849. The van der Waals surface area contributed by atoms with Gasteiger partial charge in [0.05, 0.1) is 0 Å². The standard InChI is InChI=1S/C14H19BrN2O2/c1-17-9-11(15)8-12(14(17)19)16-13(18)10-6-4-2-3-5-7-10/h8-10H,2-7H2,1H3,(H,16,18). The summed E-state index contributed by atoms with van der Waals surface area (Å²) in [5, 5.41) is 2.79. The summed E-state index contributed by atoms with van der Waals surface area (Å²) in [5.41, 5.74) is 0.177. The second kappa shape index (κ2) is 6.37. The number of halogens is 1. The van der Waals surface area contributed by atoms with Crippen LogP contribution in [-0.4, -0.2) is 10.5 Å². The van der Waals surface area contributed by atoms with Crippen LogP contribution in [0.25, 0.3) is 0 Å². The van der Waals surface area contributed by atoms with Gasteiger partial charge in [-0.15, -0.1) is 0 Å². The molecule has 1 heterocycles. The van der Waals surface area contributed by atoms with Gasteiger partial charge in [0.2, 0.25) is 5.91 Å². The lowest BCUT2D eigenvalue weighted by atomic mass is 9.99. The Morgan fingerprint density at radius 3 is 2.58 bits per heavy atom. The average molecular weight is 327 g/mol. The summed E-state index contributed by atoms with van der Waals surface area (Å²) in [6, 6.07) is 1.66. The zero-order valence-electron chi connectivity index (χ0n) is 11.1. The molecule has 0 saturated heterocycles. The van der Waals surface area contributed by atoms with Crippen molar-refractivity contribution < 1.29 is 4.79 Å². The van der Waals surface area contributed by atoms with E-state index in [0.29, 0.717) is 5.69 Å². The van der Waals surface area contributed by atoms with Crippen molar-refractivity contribution in [2.75, 3.05) is 5.32 Å². The van der Waals surface area contributed by atoms with Gasteiger partial charge in [-0.1, -0.05) is 25.7 Å². The normalized spacial score (nSPS) is 16.9. The summed E-state index contributed by atoms with van der Waals surface area (Å²) in [6.45, 7) is 0. The number of carbonyl (C=O) groups excluding carboxylic acids is 1. The fraction of sp³-hybridized carbons (Fsp3) is 0.571. The van der Waals surface area contributed by atoms with E-state index in [1.54, 1.807) is 19.3 Å². The zero-order valence-corrected chi connectivity index (χ0v) is 12.7. The molecule has 0 radical (unpaired) electrons. The Morgan fingerprint density at radius 1 is 1.32 bits per heavy atom. The van der Waals surface area contributed by atoms with Gasteiger partial charge in [0.1, 0.15) is 5.69 Å². The van der Waals surface area contributed by atoms with Gasteiger partial charge < -0.3 is 9.88 Å². The Kier molecular flexibility index (Phi) is 4.80. The van der Waals surface area contributed by atoms with Crippen LogP contribution in [0.2, 0.25) is 0 Å². The number of anilines is 1. The van der Waals surface area contributed by atoms with Gasteiger partial charge >= 0.3 is 0 Å². The van der Waals surface area contributed by atoms with Crippen LogP contribution in [0.4, 0.5) is 5.69 Å². The first kappa shape index (κ1) is 14.3. The molecule has 0 aliphatic heterocycles. The van der Waals surface area contributed by atoms with Gasteiger partial charge in [0.15, 0.2) is 0 Å². The first-order valence-corrected chi connectivity index (χ1v) is 7.54. The summed E-state index contributed by atoms with van der Waals surface area (Å²) in [5.74, 6) is 0.0308. The van der Waals surface area contributed by atoms with Crippen LogP contribution in [0.5, 0.6) is 0 Å². The van der Waals surface area contributed by atoms with Gasteiger partial charge in [0.25, 0.3) is 5.56 Å². The van der Waals surface area contributed by atoms with E-state index in [-0.39, 0.29) is 17.4 Å². The Bertz CT molecular complexity index is 517. The Balaban J connectivity index is 2.12. The Hall–Kier alpha value is -1.10. The third-order valence-corrected chi connectivity index (χ3v) is 4.07. The summed E-state index contributed by atoms with van der Waals surface area (Å²) < 4.78 is 2.25. The summed E-state index contributed by atoms with van der Waals surface area (Å²) in [4.78, 5) is 24.2. The SMILES string of the molecule is Cn1cc(Br)cc(NC(=O)C2CCCCCC2)c1=O. The molecule has 1 aromatic rings. The van der Waals surface area contributed by atoms with Crippen LogP contribution < -0.4 is 10.9 Å². The molecule has 0 aromatic carbocycles. The molecule has 1 N–H and O–H groups in total. The van der Waals surface area contributed by atoms with Gasteiger partial charge in [-0.2, -0.15) is 0 Å². The van der Waals surface area contributed by atoms with Crippen molar-refractivity contribution >= 4 is 27.5 Å². The topological polar surface area (TPSA) is 51.1 Å². The third-order valence-electron chi connectivity index (χ3n) is 3.63. The highest BCUT2D eigenvalue weighted by Gasteiger charge is 2.21. The molecular weight excluding hydrogens is 308 g/mol. The van der Waals surface area contributed by atoms with Crippen molar-refractivity contribution in [2.45, 2.75) is 38.5 Å². The molecule has 0 unspecified atom stereocenters. The predicted molar refractivity (Wildman–Crippen MR) is 79.2 cm³/mol. The molecule has 1 aliphatic carbocycles. The van der Waals surface area contributed by atoms with Crippen LogP contribution in [0.15, 0.2) is 21.5 Å². The predicted octanol–water partition coefficient (Wildman–Crippen LogP) is 3.06. The van der Waals surface area contributed by atoms with Gasteiger partial charge in [-0.3, -0.25) is 9.59 Å². The van der Waals surface area contributed by atoms with Crippen LogP contribution >= 0.6 is 15.9 Å².